The molecule has 0 aliphatic heterocycles. The number of rotatable bonds is 10. The van der Waals surface area contributed by atoms with Gasteiger partial charge in [-0.2, -0.15) is 0 Å². The van der Waals surface area contributed by atoms with E-state index in [0.717, 1.165) is 39.8 Å². The minimum Gasteiger partial charge on any atom is -0.306 e. The van der Waals surface area contributed by atoms with Gasteiger partial charge in [0.25, 0.3) is 0 Å². The lowest BCUT2D eigenvalue weighted by Gasteiger charge is -2.34. The van der Waals surface area contributed by atoms with Gasteiger partial charge in [0.2, 0.25) is 0 Å². The van der Waals surface area contributed by atoms with E-state index in [-0.39, 0.29) is 0 Å². The van der Waals surface area contributed by atoms with Crippen LogP contribution in [0.4, 0.5) is 0 Å². The maximum Gasteiger partial charge on any atom is 0.179 e. The highest BCUT2D eigenvalue weighted by molar-refractivity contribution is 7.20. The Kier molecular flexibility index (Phi) is 9.16. The summed E-state index contributed by atoms with van der Waals surface area (Å²) in [5, 5.41) is 7.83. The lowest BCUT2D eigenvalue weighted by molar-refractivity contribution is 1.08. The average molecular weight is 722 g/mol. The lowest BCUT2D eigenvalue weighted by Crippen LogP contribution is -2.74. The molecular formula is C51H39N3Si. The molecule has 0 saturated heterocycles. The summed E-state index contributed by atoms with van der Waals surface area (Å²) in [5.41, 5.74) is 7.58. The first-order valence-electron chi connectivity index (χ1n) is 18.7. The van der Waals surface area contributed by atoms with Crippen molar-refractivity contribution >= 4 is 56.2 Å². The fraction of sp³-hybridized carbons (Fsp3) is 0.0196. The Morgan fingerprint density at radius 2 is 1.09 bits per heavy atom. The van der Waals surface area contributed by atoms with E-state index in [0.29, 0.717) is 5.82 Å². The van der Waals surface area contributed by atoms with Crippen LogP contribution < -0.4 is 20.7 Å². The van der Waals surface area contributed by atoms with Gasteiger partial charge in [-0.15, -0.1) is 0 Å². The minimum atomic E-state index is -2.70. The van der Waals surface area contributed by atoms with Crippen molar-refractivity contribution in [3.63, 3.8) is 0 Å². The van der Waals surface area contributed by atoms with Crippen molar-refractivity contribution in [2.45, 2.75) is 6.42 Å². The Morgan fingerprint density at radius 1 is 0.527 bits per heavy atom. The van der Waals surface area contributed by atoms with Gasteiger partial charge in [-0.3, -0.25) is 0 Å². The van der Waals surface area contributed by atoms with Crippen LogP contribution in [0.5, 0.6) is 0 Å². The van der Waals surface area contributed by atoms with Crippen molar-refractivity contribution in [2.75, 3.05) is 0 Å². The van der Waals surface area contributed by atoms with E-state index in [4.69, 9.17) is 9.97 Å². The van der Waals surface area contributed by atoms with Gasteiger partial charge >= 0.3 is 0 Å². The Balaban J connectivity index is 1.15. The second-order valence-corrected chi connectivity index (χ2v) is 17.6. The summed E-state index contributed by atoms with van der Waals surface area (Å²) in [6.07, 6.45) is 8.89. The fourth-order valence-electron chi connectivity index (χ4n) is 8.13. The maximum atomic E-state index is 4.94. The zero-order valence-corrected chi connectivity index (χ0v) is 31.5. The predicted octanol–water partition coefficient (Wildman–Crippen LogP) is 9.43. The molecule has 0 radical (unpaired) electrons. The molecule has 2 heterocycles. The van der Waals surface area contributed by atoms with Crippen LogP contribution in [0, 0.1) is 0 Å². The van der Waals surface area contributed by atoms with E-state index in [1.165, 1.54) is 37.1 Å². The molecule has 2 aromatic heterocycles. The molecule has 4 heteroatoms. The normalized spacial score (nSPS) is 11.9. The third kappa shape index (κ3) is 6.23. The van der Waals surface area contributed by atoms with Crippen LogP contribution in [0.15, 0.2) is 219 Å². The molecule has 262 valence electrons. The zero-order chi connectivity index (χ0) is 37.0. The number of aromatic nitrogens is 3. The van der Waals surface area contributed by atoms with Gasteiger partial charge in [0.05, 0.1) is 29.1 Å². The molecule has 0 atom stereocenters. The summed E-state index contributed by atoms with van der Waals surface area (Å²) < 4.78 is 2.30. The van der Waals surface area contributed by atoms with Crippen LogP contribution in [0.3, 0.4) is 0 Å². The molecule has 0 saturated carbocycles. The number of hydrogen-bond donors (Lipinski definition) is 0. The molecule has 0 fully saturated rings. The first-order chi connectivity index (χ1) is 27.2. The first kappa shape index (κ1) is 33.9. The Bertz CT molecular complexity index is 2680. The molecule has 9 rings (SSSR count). The molecular weight excluding hydrogens is 683 g/mol. The van der Waals surface area contributed by atoms with Crippen molar-refractivity contribution in [1.29, 1.82) is 0 Å². The third-order valence-corrected chi connectivity index (χ3v) is 15.5. The van der Waals surface area contributed by atoms with E-state index in [1.54, 1.807) is 0 Å². The number of benzene rings is 7. The first-order valence-corrected chi connectivity index (χ1v) is 20.7. The highest BCUT2D eigenvalue weighted by Crippen LogP contribution is 2.32. The van der Waals surface area contributed by atoms with E-state index in [2.05, 4.69) is 199 Å². The molecule has 9 aromatic rings. The molecule has 0 unspecified atom stereocenters. The quantitative estimate of drug-likeness (QED) is 0.0801. The van der Waals surface area contributed by atoms with Gasteiger partial charge < -0.3 is 4.57 Å². The Labute approximate surface area is 323 Å². The zero-order valence-electron chi connectivity index (χ0n) is 30.5. The summed E-state index contributed by atoms with van der Waals surface area (Å²) in [6.45, 7) is 4.11. The van der Waals surface area contributed by atoms with Gasteiger partial charge in [0.15, 0.2) is 13.9 Å². The largest absolute Gasteiger partial charge is 0.306 e. The van der Waals surface area contributed by atoms with E-state index in [1.807, 2.05) is 24.5 Å². The van der Waals surface area contributed by atoms with Crippen LogP contribution in [0.2, 0.25) is 0 Å². The number of allylic oxidation sites excluding steroid dienone is 3. The van der Waals surface area contributed by atoms with Crippen LogP contribution in [-0.2, 0) is 6.42 Å². The molecule has 0 aliphatic carbocycles. The summed E-state index contributed by atoms with van der Waals surface area (Å²) in [7, 11) is -2.70. The highest BCUT2D eigenvalue weighted by Gasteiger charge is 2.41. The monoisotopic (exact) mass is 721 g/mol. The molecule has 0 spiro atoms. The number of hydrogen-bond acceptors (Lipinski definition) is 2. The molecule has 0 amide bonds. The van der Waals surface area contributed by atoms with Crippen molar-refractivity contribution in [2.24, 2.45) is 0 Å². The minimum absolute atomic E-state index is 0.685. The van der Waals surface area contributed by atoms with Crippen molar-refractivity contribution in [3.8, 4) is 17.1 Å². The molecule has 55 heavy (non-hydrogen) atoms. The van der Waals surface area contributed by atoms with Gasteiger partial charge in [0.1, 0.15) is 0 Å². The summed E-state index contributed by atoms with van der Waals surface area (Å²) in [4.78, 5) is 9.89. The molecule has 0 N–H and O–H groups in total. The van der Waals surface area contributed by atoms with E-state index >= 15 is 0 Å². The molecule has 0 aliphatic rings. The standard InChI is InChI=1S/C51H39N3Si/c1-2-39(31-30-38-18-7-3-8-19-38)40-20-17-21-41(34-40)51-52-36-42(37-53-51)54-49-29-16-15-28-47(49)48-35-46(32-33-50(48)54)55(43-22-9-4-10-23-43,44-24-11-5-12-25-44)45-26-13-6-14-27-45/h2-29,31-37H,1,30H2/b39-31+. The highest BCUT2D eigenvalue weighted by atomic mass is 28.3. The van der Waals surface area contributed by atoms with Gasteiger partial charge in [-0.05, 0) is 62.1 Å². The summed E-state index contributed by atoms with van der Waals surface area (Å²) in [5.74, 6) is 0.685. The number of para-hydroxylation sites is 1. The third-order valence-electron chi connectivity index (χ3n) is 10.7. The van der Waals surface area contributed by atoms with E-state index in [9.17, 15) is 0 Å². The predicted molar refractivity (Wildman–Crippen MR) is 234 cm³/mol. The van der Waals surface area contributed by atoms with Crippen LogP contribution in [0.1, 0.15) is 11.1 Å². The van der Waals surface area contributed by atoms with Crippen molar-refractivity contribution < 1.29 is 0 Å². The second kappa shape index (κ2) is 14.9. The van der Waals surface area contributed by atoms with Crippen LogP contribution in [0.25, 0.3) is 44.5 Å². The number of nitrogens with zero attached hydrogens (tertiary/aromatic N) is 3. The smallest absolute Gasteiger partial charge is 0.179 e. The molecule has 3 nitrogen and oxygen atoms in total. The van der Waals surface area contributed by atoms with Gasteiger partial charge in [-0.25, -0.2) is 9.97 Å². The summed E-state index contributed by atoms with van der Waals surface area (Å²) >= 11 is 0. The van der Waals surface area contributed by atoms with Gasteiger partial charge in [-0.1, -0.05) is 189 Å². The second-order valence-electron chi connectivity index (χ2n) is 13.8. The molecule has 0 bridgehead atoms. The summed E-state index contributed by atoms with van der Waals surface area (Å²) in [6, 6.07) is 68.0. The topological polar surface area (TPSA) is 30.7 Å². The van der Waals surface area contributed by atoms with Crippen LogP contribution >= 0.6 is 0 Å². The van der Waals surface area contributed by atoms with Crippen molar-refractivity contribution in [1.82, 2.24) is 14.5 Å². The number of fused-ring (bicyclic) bond motifs is 3. The van der Waals surface area contributed by atoms with Crippen LogP contribution in [-0.4, -0.2) is 22.6 Å². The Morgan fingerprint density at radius 3 is 1.71 bits per heavy atom. The average Bonchev–Trinajstić information content (AvgIpc) is 3.60. The lowest BCUT2D eigenvalue weighted by atomic mass is 10.0. The van der Waals surface area contributed by atoms with E-state index < -0.39 is 8.07 Å². The fourth-order valence-corrected chi connectivity index (χ4v) is 12.9. The van der Waals surface area contributed by atoms with Gasteiger partial charge in [0, 0.05) is 16.3 Å². The Hall–Kier alpha value is -6.88. The maximum absolute atomic E-state index is 4.94. The SMILES string of the molecule is C=C/C(=C\Cc1ccccc1)c1cccc(-c2ncc(-n3c4ccccc4c4cc([Si](c5ccccc5)(c5ccccc5)c5ccccc5)ccc43)cn2)c1. The van der Waals surface area contributed by atoms with Crippen molar-refractivity contribution in [3.05, 3.63) is 230 Å². The molecule has 7 aromatic carbocycles.